The maximum atomic E-state index is 12.5. The fourth-order valence-electron chi connectivity index (χ4n) is 2.35. The molecule has 1 atom stereocenters. The molecule has 2 heterocycles. The van der Waals surface area contributed by atoms with Crippen LogP contribution >= 0.6 is 11.6 Å². The minimum Gasteiger partial charge on any atom is -0.357 e. The number of benzene rings is 1. The summed E-state index contributed by atoms with van der Waals surface area (Å²) in [6.45, 7) is 0.612. The first-order chi connectivity index (χ1) is 10.7. The minimum atomic E-state index is -0.360. The molecular weight excluding hydrogens is 302 g/mol. The molecule has 110 valence electrons. The number of rotatable bonds is 3. The lowest BCUT2D eigenvalue weighted by Gasteiger charge is -2.17. The van der Waals surface area contributed by atoms with E-state index in [1.165, 1.54) is 12.4 Å². The Morgan fingerprint density at radius 1 is 1.36 bits per heavy atom. The highest BCUT2D eigenvalue weighted by Crippen LogP contribution is 2.25. The Morgan fingerprint density at radius 2 is 2.23 bits per heavy atom. The Hall–Kier alpha value is -2.65. The molecule has 0 aliphatic carbocycles. The van der Waals surface area contributed by atoms with Crippen LogP contribution in [0.2, 0.25) is 5.02 Å². The zero-order valence-corrected chi connectivity index (χ0v) is 12.3. The summed E-state index contributed by atoms with van der Waals surface area (Å²) in [7, 11) is 0. The van der Waals surface area contributed by atoms with Gasteiger partial charge in [-0.25, -0.2) is 9.97 Å². The smallest absolute Gasteiger partial charge is 0.249 e. The summed E-state index contributed by atoms with van der Waals surface area (Å²) in [5, 5.41) is 12.3. The number of carbonyl (C=O) groups excluding carboxylic acids is 1. The predicted octanol–water partition coefficient (Wildman–Crippen LogP) is 2.22. The highest BCUT2D eigenvalue weighted by Gasteiger charge is 2.32. The predicted molar refractivity (Wildman–Crippen MR) is 82.6 cm³/mol. The number of hydrogen-bond acceptors (Lipinski definition) is 5. The van der Waals surface area contributed by atoms with Crippen molar-refractivity contribution in [2.75, 3.05) is 16.8 Å². The Balaban J connectivity index is 1.72. The largest absolute Gasteiger partial charge is 0.357 e. The molecule has 1 aromatic carbocycles. The molecule has 0 spiro atoms. The lowest BCUT2D eigenvalue weighted by Crippen LogP contribution is -2.33. The third-order valence-electron chi connectivity index (χ3n) is 3.41. The molecule has 0 saturated carbocycles. The number of hydrogen-bond donors (Lipinski definition) is 1. The third kappa shape index (κ3) is 2.85. The Labute approximate surface area is 132 Å². The van der Waals surface area contributed by atoms with Gasteiger partial charge in [0.1, 0.15) is 17.9 Å². The summed E-state index contributed by atoms with van der Waals surface area (Å²) in [6.07, 6.45) is 3.48. The van der Waals surface area contributed by atoms with Crippen LogP contribution in [0.5, 0.6) is 0 Å². The summed E-state index contributed by atoms with van der Waals surface area (Å²) < 4.78 is 0. The number of carbonyl (C=O) groups is 1. The summed E-state index contributed by atoms with van der Waals surface area (Å²) in [5.74, 6) is 0.443. The average molecular weight is 314 g/mol. The molecule has 6 nitrogen and oxygen atoms in total. The Kier molecular flexibility index (Phi) is 3.90. The molecule has 1 aliphatic rings. The molecule has 3 rings (SSSR count). The molecule has 1 N–H and O–H groups in total. The molecule has 1 aromatic heterocycles. The first-order valence-electron chi connectivity index (χ1n) is 6.73. The number of aromatic nitrogens is 2. The summed E-state index contributed by atoms with van der Waals surface area (Å²) in [5.41, 5.74) is 1.02. The number of amides is 1. The molecule has 1 aliphatic heterocycles. The van der Waals surface area contributed by atoms with Crippen LogP contribution in [0.15, 0.2) is 36.7 Å². The molecule has 1 unspecified atom stereocenters. The second-order valence-corrected chi connectivity index (χ2v) is 5.29. The molecule has 1 saturated heterocycles. The van der Waals surface area contributed by atoms with Crippen LogP contribution in [0.1, 0.15) is 12.1 Å². The standard InChI is InChI=1S/C15H12ClN5O/c16-10-2-1-3-12(6-10)21-5-4-13(15(21)22)20-14-9-18-11(7-17)8-19-14/h1-3,6,8-9,13H,4-5H2,(H,19,20). The quantitative estimate of drug-likeness (QED) is 0.939. The maximum absolute atomic E-state index is 12.5. The molecule has 7 heteroatoms. The van der Waals surface area contributed by atoms with Crippen molar-refractivity contribution in [3.05, 3.63) is 47.4 Å². The summed E-state index contributed by atoms with van der Waals surface area (Å²) >= 11 is 5.97. The average Bonchev–Trinajstić information content (AvgIpc) is 2.89. The number of halogens is 1. The van der Waals surface area contributed by atoms with Crippen molar-refractivity contribution in [2.45, 2.75) is 12.5 Å². The van der Waals surface area contributed by atoms with Crippen molar-refractivity contribution in [3.8, 4) is 6.07 Å². The minimum absolute atomic E-state index is 0.0339. The molecule has 0 bridgehead atoms. The molecule has 2 aromatic rings. The van der Waals surface area contributed by atoms with Gasteiger partial charge in [-0.05, 0) is 24.6 Å². The van der Waals surface area contributed by atoms with E-state index in [9.17, 15) is 4.79 Å². The first-order valence-corrected chi connectivity index (χ1v) is 7.11. The van der Waals surface area contributed by atoms with Gasteiger partial charge in [-0.2, -0.15) is 5.26 Å². The Bertz CT molecular complexity index is 740. The van der Waals surface area contributed by atoms with Gasteiger partial charge in [0, 0.05) is 17.3 Å². The first kappa shape index (κ1) is 14.3. The van der Waals surface area contributed by atoms with Crippen LogP contribution in [0, 0.1) is 11.3 Å². The Morgan fingerprint density at radius 3 is 2.91 bits per heavy atom. The number of anilines is 2. The van der Waals surface area contributed by atoms with Crippen molar-refractivity contribution < 1.29 is 4.79 Å². The van der Waals surface area contributed by atoms with Crippen molar-refractivity contribution in [2.24, 2.45) is 0 Å². The fraction of sp³-hybridized carbons (Fsp3) is 0.200. The van der Waals surface area contributed by atoms with E-state index in [-0.39, 0.29) is 17.6 Å². The number of nitriles is 1. The molecule has 0 radical (unpaired) electrons. The molecule has 1 fully saturated rings. The van der Waals surface area contributed by atoms with E-state index in [0.29, 0.717) is 23.8 Å². The van der Waals surface area contributed by atoms with Gasteiger partial charge in [0.05, 0.1) is 12.4 Å². The van der Waals surface area contributed by atoms with Crippen molar-refractivity contribution in [3.63, 3.8) is 0 Å². The lowest BCUT2D eigenvalue weighted by molar-refractivity contribution is -0.117. The second kappa shape index (κ2) is 6.00. The van der Waals surface area contributed by atoms with E-state index >= 15 is 0 Å². The van der Waals surface area contributed by atoms with Gasteiger partial charge >= 0.3 is 0 Å². The highest BCUT2D eigenvalue weighted by molar-refractivity contribution is 6.31. The topological polar surface area (TPSA) is 81.9 Å². The van der Waals surface area contributed by atoms with E-state index in [1.54, 1.807) is 17.0 Å². The normalized spacial score (nSPS) is 17.4. The van der Waals surface area contributed by atoms with Crippen LogP contribution in [-0.2, 0) is 4.79 Å². The van der Waals surface area contributed by atoms with E-state index in [0.717, 1.165) is 5.69 Å². The number of nitrogens with one attached hydrogen (secondary N) is 1. The van der Waals surface area contributed by atoms with Crippen LogP contribution in [-0.4, -0.2) is 28.5 Å². The molecule has 22 heavy (non-hydrogen) atoms. The van der Waals surface area contributed by atoms with E-state index in [1.807, 2.05) is 18.2 Å². The molecule has 1 amide bonds. The second-order valence-electron chi connectivity index (χ2n) is 4.85. The fourth-order valence-corrected chi connectivity index (χ4v) is 2.54. The van der Waals surface area contributed by atoms with E-state index in [4.69, 9.17) is 16.9 Å². The van der Waals surface area contributed by atoms with Gasteiger partial charge in [-0.1, -0.05) is 17.7 Å². The van der Waals surface area contributed by atoms with Crippen molar-refractivity contribution in [1.82, 2.24) is 9.97 Å². The van der Waals surface area contributed by atoms with Gasteiger partial charge in [-0.3, -0.25) is 4.79 Å². The van der Waals surface area contributed by atoms with Crippen LogP contribution in [0.3, 0.4) is 0 Å². The lowest BCUT2D eigenvalue weighted by atomic mass is 10.2. The zero-order chi connectivity index (χ0) is 15.5. The van der Waals surface area contributed by atoms with Crippen molar-refractivity contribution >= 4 is 29.0 Å². The van der Waals surface area contributed by atoms with Gasteiger partial charge < -0.3 is 10.2 Å². The maximum Gasteiger partial charge on any atom is 0.249 e. The van der Waals surface area contributed by atoms with Gasteiger partial charge in [0.2, 0.25) is 5.91 Å². The van der Waals surface area contributed by atoms with E-state index < -0.39 is 0 Å². The molecular formula is C15H12ClN5O. The SMILES string of the molecule is N#Cc1cnc(NC2CCN(c3cccc(Cl)c3)C2=O)cn1. The van der Waals surface area contributed by atoms with Gasteiger partial charge in [0.15, 0.2) is 5.69 Å². The van der Waals surface area contributed by atoms with Crippen LogP contribution in [0.4, 0.5) is 11.5 Å². The van der Waals surface area contributed by atoms with Gasteiger partial charge in [-0.15, -0.1) is 0 Å². The highest BCUT2D eigenvalue weighted by atomic mass is 35.5. The van der Waals surface area contributed by atoms with Crippen molar-refractivity contribution in [1.29, 1.82) is 5.26 Å². The van der Waals surface area contributed by atoms with Crippen LogP contribution in [0.25, 0.3) is 0 Å². The van der Waals surface area contributed by atoms with Crippen LogP contribution < -0.4 is 10.2 Å². The third-order valence-corrected chi connectivity index (χ3v) is 3.65. The van der Waals surface area contributed by atoms with Gasteiger partial charge in [0.25, 0.3) is 0 Å². The number of nitrogens with zero attached hydrogens (tertiary/aromatic N) is 4. The zero-order valence-electron chi connectivity index (χ0n) is 11.5. The van der Waals surface area contributed by atoms with E-state index in [2.05, 4.69) is 15.3 Å². The monoisotopic (exact) mass is 313 g/mol. The summed E-state index contributed by atoms with van der Waals surface area (Å²) in [4.78, 5) is 22.2. The summed E-state index contributed by atoms with van der Waals surface area (Å²) in [6, 6.07) is 8.75.